The van der Waals surface area contributed by atoms with Crippen molar-refractivity contribution >= 4 is 22.2 Å². The highest BCUT2D eigenvalue weighted by Crippen LogP contribution is 2.36. The number of carbonyl (C=O) groups excluding carboxylic acids is 1. The standard InChI is InChI=1S/C10H9BrO/c11-9-3-1-2-7-4-5-8(6-12)10(7)9/h1-3,6,8H,4-5H2. The molecule has 62 valence electrons. The Morgan fingerprint density at radius 3 is 3.08 bits per heavy atom. The van der Waals surface area contributed by atoms with Gasteiger partial charge in [0.2, 0.25) is 0 Å². The molecule has 1 unspecified atom stereocenters. The van der Waals surface area contributed by atoms with Crippen LogP contribution in [0.15, 0.2) is 22.7 Å². The maximum atomic E-state index is 10.7. The van der Waals surface area contributed by atoms with Crippen molar-refractivity contribution in [2.45, 2.75) is 18.8 Å². The van der Waals surface area contributed by atoms with Gasteiger partial charge in [0.1, 0.15) is 6.29 Å². The molecule has 1 aliphatic rings. The lowest BCUT2D eigenvalue weighted by Gasteiger charge is -2.04. The molecule has 2 heteroatoms. The van der Waals surface area contributed by atoms with E-state index in [1.54, 1.807) is 0 Å². The minimum atomic E-state index is 0.121. The quantitative estimate of drug-likeness (QED) is 0.671. The molecule has 0 saturated heterocycles. The fourth-order valence-corrected chi connectivity index (χ4v) is 2.51. The Morgan fingerprint density at radius 1 is 1.50 bits per heavy atom. The van der Waals surface area contributed by atoms with E-state index in [9.17, 15) is 4.79 Å². The van der Waals surface area contributed by atoms with E-state index in [1.807, 2.05) is 12.1 Å². The molecule has 0 aromatic heterocycles. The van der Waals surface area contributed by atoms with Crippen LogP contribution in [-0.4, -0.2) is 6.29 Å². The van der Waals surface area contributed by atoms with Crippen LogP contribution in [0.4, 0.5) is 0 Å². The number of hydrogen-bond donors (Lipinski definition) is 0. The molecule has 0 spiro atoms. The second kappa shape index (κ2) is 3.02. The third-order valence-corrected chi connectivity index (χ3v) is 3.09. The molecule has 0 aliphatic heterocycles. The number of benzene rings is 1. The molecule has 0 amide bonds. The molecule has 1 aromatic carbocycles. The Labute approximate surface area is 79.9 Å². The largest absolute Gasteiger partial charge is 0.303 e. The van der Waals surface area contributed by atoms with Gasteiger partial charge in [0.25, 0.3) is 0 Å². The second-order valence-corrected chi connectivity index (χ2v) is 3.95. The summed E-state index contributed by atoms with van der Waals surface area (Å²) in [5.41, 5.74) is 2.52. The van der Waals surface area contributed by atoms with Crippen molar-refractivity contribution in [2.24, 2.45) is 0 Å². The van der Waals surface area contributed by atoms with Crippen molar-refractivity contribution in [3.8, 4) is 0 Å². The molecule has 1 aliphatic carbocycles. The summed E-state index contributed by atoms with van der Waals surface area (Å²) in [4.78, 5) is 10.7. The summed E-state index contributed by atoms with van der Waals surface area (Å²) >= 11 is 3.47. The van der Waals surface area contributed by atoms with E-state index < -0.39 is 0 Å². The van der Waals surface area contributed by atoms with E-state index >= 15 is 0 Å². The van der Waals surface area contributed by atoms with E-state index in [4.69, 9.17) is 0 Å². The van der Waals surface area contributed by atoms with Crippen LogP contribution in [0, 0.1) is 0 Å². The smallest absolute Gasteiger partial charge is 0.127 e. The molecule has 1 aromatic rings. The Kier molecular flexibility index (Phi) is 2.01. The molecule has 1 nitrogen and oxygen atoms in total. The fraction of sp³-hybridized carbons (Fsp3) is 0.300. The van der Waals surface area contributed by atoms with Gasteiger partial charge in [0.05, 0.1) is 0 Å². The normalized spacial score (nSPS) is 20.6. The Hall–Kier alpha value is -0.630. The second-order valence-electron chi connectivity index (χ2n) is 3.09. The zero-order valence-corrected chi connectivity index (χ0v) is 8.17. The number of fused-ring (bicyclic) bond motifs is 1. The zero-order chi connectivity index (χ0) is 8.55. The van der Waals surface area contributed by atoms with Crippen LogP contribution < -0.4 is 0 Å². The molecule has 0 saturated carbocycles. The molecule has 2 rings (SSSR count). The molecule has 0 fully saturated rings. The first kappa shape index (κ1) is 7.99. The fourth-order valence-electron chi connectivity index (χ4n) is 1.81. The molecule has 1 atom stereocenters. The van der Waals surface area contributed by atoms with E-state index in [2.05, 4.69) is 22.0 Å². The number of aldehydes is 1. The molecular formula is C10H9BrO. The summed E-state index contributed by atoms with van der Waals surface area (Å²) < 4.78 is 1.08. The lowest BCUT2D eigenvalue weighted by Crippen LogP contribution is -1.94. The highest BCUT2D eigenvalue weighted by Gasteiger charge is 2.23. The van der Waals surface area contributed by atoms with Crippen LogP contribution in [0.3, 0.4) is 0 Å². The van der Waals surface area contributed by atoms with Crippen molar-refractivity contribution in [1.29, 1.82) is 0 Å². The number of hydrogen-bond acceptors (Lipinski definition) is 1. The third-order valence-electron chi connectivity index (χ3n) is 2.40. The van der Waals surface area contributed by atoms with Crippen LogP contribution in [0.1, 0.15) is 23.5 Å². The summed E-state index contributed by atoms with van der Waals surface area (Å²) in [7, 11) is 0. The van der Waals surface area contributed by atoms with Crippen molar-refractivity contribution in [1.82, 2.24) is 0 Å². The predicted molar refractivity (Wildman–Crippen MR) is 51.3 cm³/mol. The molecular weight excluding hydrogens is 216 g/mol. The van der Waals surface area contributed by atoms with Crippen LogP contribution in [0.2, 0.25) is 0 Å². The average Bonchev–Trinajstić information content (AvgIpc) is 2.49. The summed E-state index contributed by atoms with van der Waals surface area (Å²) in [5.74, 6) is 0.121. The highest BCUT2D eigenvalue weighted by molar-refractivity contribution is 9.10. The molecule has 12 heavy (non-hydrogen) atoms. The molecule has 0 heterocycles. The monoisotopic (exact) mass is 224 g/mol. The maximum absolute atomic E-state index is 10.7. The predicted octanol–water partition coefficient (Wildman–Crippen LogP) is 2.68. The number of aryl methyl sites for hydroxylation is 1. The summed E-state index contributed by atoms with van der Waals surface area (Å²) in [6.07, 6.45) is 3.07. The number of halogens is 1. The van der Waals surface area contributed by atoms with Gasteiger partial charge in [-0.2, -0.15) is 0 Å². The molecule has 0 bridgehead atoms. The van der Waals surface area contributed by atoms with Gasteiger partial charge in [-0.25, -0.2) is 0 Å². The summed E-state index contributed by atoms with van der Waals surface area (Å²) in [5, 5.41) is 0. The summed E-state index contributed by atoms with van der Waals surface area (Å²) in [6, 6.07) is 6.13. The van der Waals surface area contributed by atoms with E-state index in [0.717, 1.165) is 23.6 Å². The van der Waals surface area contributed by atoms with Crippen molar-refractivity contribution < 1.29 is 4.79 Å². The number of carbonyl (C=O) groups is 1. The van der Waals surface area contributed by atoms with Crippen molar-refractivity contribution in [3.05, 3.63) is 33.8 Å². The van der Waals surface area contributed by atoms with Crippen molar-refractivity contribution in [2.75, 3.05) is 0 Å². The Balaban J connectivity index is 2.55. The van der Waals surface area contributed by atoms with Gasteiger partial charge in [0.15, 0.2) is 0 Å². The Morgan fingerprint density at radius 2 is 2.33 bits per heavy atom. The Bertz CT molecular complexity index is 320. The highest BCUT2D eigenvalue weighted by atomic mass is 79.9. The molecule has 0 radical (unpaired) electrons. The van der Waals surface area contributed by atoms with E-state index in [0.29, 0.717) is 0 Å². The lowest BCUT2D eigenvalue weighted by atomic mass is 10.0. The van der Waals surface area contributed by atoms with Crippen LogP contribution >= 0.6 is 15.9 Å². The van der Waals surface area contributed by atoms with E-state index in [-0.39, 0.29) is 5.92 Å². The first-order chi connectivity index (χ1) is 5.83. The van der Waals surface area contributed by atoms with Gasteiger partial charge in [-0.1, -0.05) is 28.1 Å². The first-order valence-electron chi connectivity index (χ1n) is 4.05. The summed E-state index contributed by atoms with van der Waals surface area (Å²) in [6.45, 7) is 0. The van der Waals surface area contributed by atoms with Gasteiger partial charge >= 0.3 is 0 Å². The molecule has 0 N–H and O–H groups in total. The van der Waals surface area contributed by atoms with E-state index in [1.165, 1.54) is 11.1 Å². The first-order valence-corrected chi connectivity index (χ1v) is 4.85. The SMILES string of the molecule is O=CC1CCc2cccc(Br)c21. The number of rotatable bonds is 1. The van der Waals surface area contributed by atoms with Gasteiger partial charge in [-0.05, 0) is 30.0 Å². The van der Waals surface area contributed by atoms with Crippen molar-refractivity contribution in [3.63, 3.8) is 0 Å². The van der Waals surface area contributed by atoms with Gasteiger partial charge in [-0.15, -0.1) is 0 Å². The zero-order valence-electron chi connectivity index (χ0n) is 6.59. The minimum Gasteiger partial charge on any atom is -0.303 e. The van der Waals surface area contributed by atoms with Gasteiger partial charge in [-0.3, -0.25) is 0 Å². The van der Waals surface area contributed by atoms with Crippen LogP contribution in [-0.2, 0) is 11.2 Å². The third kappa shape index (κ3) is 1.11. The van der Waals surface area contributed by atoms with Gasteiger partial charge in [0, 0.05) is 10.4 Å². The van der Waals surface area contributed by atoms with Crippen LogP contribution in [0.5, 0.6) is 0 Å². The lowest BCUT2D eigenvalue weighted by molar-refractivity contribution is -0.109. The van der Waals surface area contributed by atoms with Gasteiger partial charge < -0.3 is 4.79 Å². The topological polar surface area (TPSA) is 17.1 Å². The minimum absolute atomic E-state index is 0.121. The van der Waals surface area contributed by atoms with Crippen LogP contribution in [0.25, 0.3) is 0 Å². The maximum Gasteiger partial charge on any atom is 0.127 e. The average molecular weight is 225 g/mol.